The van der Waals surface area contributed by atoms with Crippen molar-refractivity contribution in [2.75, 3.05) is 39.3 Å². The van der Waals surface area contributed by atoms with Crippen LogP contribution in [-0.4, -0.2) is 54.2 Å². The first-order chi connectivity index (χ1) is 9.20. The Labute approximate surface area is 124 Å². The van der Waals surface area contributed by atoms with Crippen molar-refractivity contribution >= 4 is 15.9 Å². The van der Waals surface area contributed by atoms with E-state index >= 15 is 0 Å². The smallest absolute Gasteiger partial charge is 0.0443 e. The Morgan fingerprint density at radius 1 is 1.16 bits per heavy atom. The Hall–Kier alpha value is -0.420. The summed E-state index contributed by atoms with van der Waals surface area (Å²) in [5, 5.41) is 8.87. The lowest BCUT2D eigenvalue weighted by Gasteiger charge is -2.38. The molecule has 0 aromatic heterocycles. The summed E-state index contributed by atoms with van der Waals surface area (Å²) < 4.78 is 1.14. The van der Waals surface area contributed by atoms with Crippen LogP contribution in [0.25, 0.3) is 0 Å². The number of aliphatic hydroxyl groups is 1. The maximum Gasteiger partial charge on any atom is 0.0443 e. The molecule has 0 spiro atoms. The number of hydrogen-bond acceptors (Lipinski definition) is 3. The van der Waals surface area contributed by atoms with Gasteiger partial charge in [-0.15, -0.1) is 0 Å². The van der Waals surface area contributed by atoms with Crippen molar-refractivity contribution in [3.05, 3.63) is 34.3 Å². The third-order valence-corrected chi connectivity index (χ3v) is 4.47. The molecule has 0 aliphatic carbocycles. The van der Waals surface area contributed by atoms with E-state index in [2.05, 4.69) is 56.9 Å². The number of halogens is 1. The lowest BCUT2D eigenvalue weighted by Crippen LogP contribution is -2.47. The van der Waals surface area contributed by atoms with Crippen LogP contribution in [0.1, 0.15) is 24.9 Å². The molecule has 1 aromatic carbocycles. The highest BCUT2D eigenvalue weighted by molar-refractivity contribution is 9.10. The average molecular weight is 327 g/mol. The van der Waals surface area contributed by atoms with Gasteiger partial charge in [-0.05, 0) is 31.0 Å². The summed E-state index contributed by atoms with van der Waals surface area (Å²) in [5.74, 6) is 0. The fraction of sp³-hybridized carbons (Fsp3) is 0.600. The highest BCUT2D eigenvalue weighted by Crippen LogP contribution is 2.23. The molecule has 0 bridgehead atoms. The summed E-state index contributed by atoms with van der Waals surface area (Å²) >= 11 is 3.48. The quantitative estimate of drug-likeness (QED) is 0.900. The van der Waals surface area contributed by atoms with Crippen LogP contribution in [0.15, 0.2) is 28.7 Å². The Morgan fingerprint density at radius 3 is 2.37 bits per heavy atom. The van der Waals surface area contributed by atoms with Crippen LogP contribution in [0, 0.1) is 0 Å². The summed E-state index contributed by atoms with van der Waals surface area (Å²) in [6.45, 7) is 8.06. The lowest BCUT2D eigenvalue weighted by atomic mass is 10.1. The molecule has 1 saturated heterocycles. The van der Waals surface area contributed by atoms with E-state index < -0.39 is 0 Å². The van der Waals surface area contributed by atoms with Gasteiger partial charge in [-0.25, -0.2) is 0 Å². The van der Waals surface area contributed by atoms with Gasteiger partial charge in [-0.2, -0.15) is 0 Å². The molecule has 1 unspecified atom stereocenters. The fourth-order valence-corrected chi connectivity index (χ4v) is 2.89. The molecule has 1 aromatic rings. The first-order valence-corrected chi connectivity index (χ1v) is 7.82. The standard InChI is InChI=1S/C15H23BrN2O/c1-13(14-3-5-15(16)6-4-14)18-10-8-17(9-11-18)7-2-12-19/h3-6,13,19H,2,7-12H2,1H3. The van der Waals surface area contributed by atoms with Crippen molar-refractivity contribution in [3.8, 4) is 0 Å². The van der Waals surface area contributed by atoms with Crippen molar-refractivity contribution in [1.29, 1.82) is 0 Å². The predicted molar refractivity (Wildman–Crippen MR) is 82.3 cm³/mol. The van der Waals surface area contributed by atoms with Crippen LogP contribution in [0.2, 0.25) is 0 Å². The van der Waals surface area contributed by atoms with Gasteiger partial charge < -0.3 is 10.0 Å². The van der Waals surface area contributed by atoms with Crippen LogP contribution < -0.4 is 0 Å². The molecule has 1 aliphatic rings. The van der Waals surface area contributed by atoms with Gasteiger partial charge in [-0.1, -0.05) is 28.1 Å². The van der Waals surface area contributed by atoms with E-state index in [-0.39, 0.29) is 0 Å². The molecule has 1 fully saturated rings. The van der Waals surface area contributed by atoms with Gasteiger partial charge >= 0.3 is 0 Å². The minimum atomic E-state index is 0.301. The summed E-state index contributed by atoms with van der Waals surface area (Å²) in [7, 11) is 0. The van der Waals surface area contributed by atoms with Gasteiger partial charge in [0, 0.05) is 49.8 Å². The van der Waals surface area contributed by atoms with Gasteiger partial charge in [0.25, 0.3) is 0 Å². The number of hydrogen-bond donors (Lipinski definition) is 1. The van der Waals surface area contributed by atoms with Crippen LogP contribution in [0.3, 0.4) is 0 Å². The number of nitrogens with zero attached hydrogens (tertiary/aromatic N) is 2. The second kappa shape index (κ2) is 7.39. The zero-order valence-electron chi connectivity index (χ0n) is 11.6. The number of benzene rings is 1. The third kappa shape index (κ3) is 4.28. The van der Waals surface area contributed by atoms with Gasteiger partial charge in [0.05, 0.1) is 0 Å². The van der Waals surface area contributed by atoms with Gasteiger partial charge in [0.1, 0.15) is 0 Å². The summed E-state index contributed by atoms with van der Waals surface area (Å²) in [5.41, 5.74) is 1.38. The maximum atomic E-state index is 8.87. The van der Waals surface area contributed by atoms with Crippen molar-refractivity contribution < 1.29 is 5.11 Å². The molecule has 1 N–H and O–H groups in total. The highest BCUT2D eigenvalue weighted by atomic mass is 79.9. The van der Waals surface area contributed by atoms with Gasteiger partial charge in [0.2, 0.25) is 0 Å². The molecule has 2 rings (SSSR count). The Balaban J connectivity index is 1.85. The molecule has 3 nitrogen and oxygen atoms in total. The molecule has 106 valence electrons. The predicted octanol–water partition coefficient (Wildman–Crippen LogP) is 2.51. The van der Waals surface area contributed by atoms with Gasteiger partial charge in [-0.3, -0.25) is 4.90 Å². The first-order valence-electron chi connectivity index (χ1n) is 7.03. The van der Waals surface area contributed by atoms with E-state index in [1.807, 2.05) is 0 Å². The van der Waals surface area contributed by atoms with E-state index in [0.29, 0.717) is 12.6 Å². The largest absolute Gasteiger partial charge is 0.396 e. The molecule has 1 atom stereocenters. The number of aliphatic hydroxyl groups excluding tert-OH is 1. The molecular formula is C15H23BrN2O. The number of rotatable bonds is 5. The normalized spacial score (nSPS) is 19.5. The number of piperazine rings is 1. The van der Waals surface area contributed by atoms with Crippen LogP contribution in [0.4, 0.5) is 0 Å². The topological polar surface area (TPSA) is 26.7 Å². The molecule has 4 heteroatoms. The minimum Gasteiger partial charge on any atom is -0.396 e. The van der Waals surface area contributed by atoms with Crippen LogP contribution >= 0.6 is 15.9 Å². The Morgan fingerprint density at radius 2 is 1.79 bits per heavy atom. The van der Waals surface area contributed by atoms with E-state index in [4.69, 9.17) is 5.11 Å². The molecular weight excluding hydrogens is 304 g/mol. The second-order valence-electron chi connectivity index (χ2n) is 5.18. The lowest BCUT2D eigenvalue weighted by molar-refractivity contribution is 0.0972. The van der Waals surface area contributed by atoms with Crippen molar-refractivity contribution in [1.82, 2.24) is 9.80 Å². The van der Waals surface area contributed by atoms with Gasteiger partial charge in [0.15, 0.2) is 0 Å². The monoisotopic (exact) mass is 326 g/mol. The van der Waals surface area contributed by atoms with E-state index in [1.54, 1.807) is 0 Å². The molecule has 1 aliphatic heterocycles. The third-order valence-electron chi connectivity index (χ3n) is 3.94. The first kappa shape index (κ1) is 15.0. The highest BCUT2D eigenvalue weighted by Gasteiger charge is 2.21. The summed E-state index contributed by atoms with van der Waals surface area (Å²) in [6, 6.07) is 9.11. The maximum absolute atomic E-state index is 8.87. The van der Waals surface area contributed by atoms with Crippen LogP contribution in [-0.2, 0) is 0 Å². The van der Waals surface area contributed by atoms with E-state index in [1.165, 1.54) is 5.56 Å². The zero-order valence-corrected chi connectivity index (χ0v) is 13.1. The zero-order chi connectivity index (χ0) is 13.7. The molecule has 0 saturated carbocycles. The van der Waals surface area contributed by atoms with E-state index in [0.717, 1.165) is 43.6 Å². The molecule has 0 amide bonds. The SMILES string of the molecule is CC(c1ccc(Br)cc1)N1CCN(CCCO)CC1. The minimum absolute atomic E-state index is 0.301. The van der Waals surface area contributed by atoms with E-state index in [9.17, 15) is 0 Å². The Bertz CT molecular complexity index is 374. The molecule has 19 heavy (non-hydrogen) atoms. The summed E-state index contributed by atoms with van der Waals surface area (Å²) in [4.78, 5) is 4.99. The van der Waals surface area contributed by atoms with Crippen molar-refractivity contribution in [3.63, 3.8) is 0 Å². The summed E-state index contributed by atoms with van der Waals surface area (Å²) in [6.07, 6.45) is 0.891. The average Bonchev–Trinajstić information content (AvgIpc) is 2.46. The second-order valence-corrected chi connectivity index (χ2v) is 6.10. The van der Waals surface area contributed by atoms with Crippen LogP contribution in [0.5, 0.6) is 0 Å². The fourth-order valence-electron chi connectivity index (χ4n) is 2.62. The molecule has 1 heterocycles. The Kier molecular flexibility index (Phi) is 5.82. The van der Waals surface area contributed by atoms with Crippen molar-refractivity contribution in [2.24, 2.45) is 0 Å². The molecule has 0 radical (unpaired) electrons. The van der Waals surface area contributed by atoms with Crippen molar-refractivity contribution in [2.45, 2.75) is 19.4 Å².